The van der Waals surface area contributed by atoms with Crippen molar-refractivity contribution in [2.75, 3.05) is 41.5 Å². The van der Waals surface area contributed by atoms with Gasteiger partial charge in [-0.3, -0.25) is 9.59 Å². The standard InChI is InChI=1S/C27H36N2O6/c1-27(26(31)28-18-19-6-9-21(32-2)10-7-19)12-14-29(15-13-27)24(30)11-8-20-16-22(33-3)25(35-5)23(17-20)34-4/h6-7,9-10,16-17H,8,11-15,18H2,1-5H3,(H,28,31). The number of likely N-dealkylation sites (tertiary alicyclic amines) is 1. The predicted octanol–water partition coefficient (Wildman–Crippen LogP) is 3.60. The fourth-order valence-electron chi connectivity index (χ4n) is 4.30. The molecular weight excluding hydrogens is 448 g/mol. The predicted molar refractivity (Wildman–Crippen MR) is 133 cm³/mol. The second kappa shape index (κ2) is 11.8. The van der Waals surface area contributed by atoms with Gasteiger partial charge in [-0.15, -0.1) is 0 Å². The maximum absolute atomic E-state index is 12.9. The number of methoxy groups -OCH3 is 4. The first-order chi connectivity index (χ1) is 16.8. The third-order valence-corrected chi connectivity index (χ3v) is 6.73. The minimum atomic E-state index is -0.486. The summed E-state index contributed by atoms with van der Waals surface area (Å²) in [6.07, 6.45) is 2.21. The van der Waals surface area contributed by atoms with Crippen LogP contribution in [0.25, 0.3) is 0 Å². The Labute approximate surface area is 207 Å². The number of amides is 2. The van der Waals surface area contributed by atoms with Crippen LogP contribution in [-0.2, 0) is 22.6 Å². The van der Waals surface area contributed by atoms with E-state index >= 15 is 0 Å². The highest BCUT2D eigenvalue weighted by Crippen LogP contribution is 2.38. The summed E-state index contributed by atoms with van der Waals surface area (Å²) in [5.41, 5.74) is 1.47. The van der Waals surface area contributed by atoms with Crippen molar-refractivity contribution in [3.05, 3.63) is 47.5 Å². The minimum Gasteiger partial charge on any atom is -0.497 e. The maximum Gasteiger partial charge on any atom is 0.226 e. The van der Waals surface area contributed by atoms with Crippen molar-refractivity contribution in [1.82, 2.24) is 10.2 Å². The molecule has 2 aromatic carbocycles. The lowest BCUT2D eigenvalue weighted by Gasteiger charge is -2.38. The lowest BCUT2D eigenvalue weighted by atomic mass is 9.79. The highest BCUT2D eigenvalue weighted by Gasteiger charge is 2.37. The molecule has 8 heteroatoms. The van der Waals surface area contributed by atoms with Crippen LogP contribution >= 0.6 is 0 Å². The first-order valence-electron chi connectivity index (χ1n) is 11.8. The Bertz CT molecular complexity index is 988. The van der Waals surface area contributed by atoms with Gasteiger partial charge in [-0.2, -0.15) is 0 Å². The van der Waals surface area contributed by atoms with E-state index in [4.69, 9.17) is 18.9 Å². The van der Waals surface area contributed by atoms with Crippen LogP contribution in [0.1, 0.15) is 37.3 Å². The average Bonchev–Trinajstić information content (AvgIpc) is 2.90. The SMILES string of the molecule is COc1ccc(CNC(=O)C2(C)CCN(C(=O)CCc3cc(OC)c(OC)c(OC)c3)CC2)cc1. The van der Waals surface area contributed by atoms with Gasteiger partial charge < -0.3 is 29.2 Å². The van der Waals surface area contributed by atoms with E-state index in [9.17, 15) is 9.59 Å². The van der Waals surface area contributed by atoms with Gasteiger partial charge in [0.25, 0.3) is 0 Å². The molecule has 0 saturated carbocycles. The molecule has 1 aliphatic rings. The van der Waals surface area contributed by atoms with Crippen molar-refractivity contribution in [3.8, 4) is 23.0 Å². The maximum atomic E-state index is 12.9. The smallest absolute Gasteiger partial charge is 0.226 e. The van der Waals surface area contributed by atoms with Gasteiger partial charge in [-0.05, 0) is 54.7 Å². The molecule has 190 valence electrons. The zero-order valence-corrected chi connectivity index (χ0v) is 21.3. The molecule has 0 radical (unpaired) electrons. The molecule has 1 N–H and O–H groups in total. The van der Waals surface area contributed by atoms with Crippen LogP contribution in [-0.4, -0.2) is 58.2 Å². The van der Waals surface area contributed by atoms with E-state index in [1.165, 1.54) is 0 Å². The van der Waals surface area contributed by atoms with E-state index in [1.54, 1.807) is 28.4 Å². The van der Waals surface area contributed by atoms with Gasteiger partial charge in [-0.25, -0.2) is 0 Å². The summed E-state index contributed by atoms with van der Waals surface area (Å²) in [5.74, 6) is 2.57. The van der Waals surface area contributed by atoms with E-state index < -0.39 is 5.41 Å². The number of carbonyl (C=O) groups excluding carboxylic acids is 2. The molecule has 1 heterocycles. The van der Waals surface area contributed by atoms with Gasteiger partial charge in [0, 0.05) is 31.5 Å². The molecule has 0 aliphatic carbocycles. The first kappa shape index (κ1) is 26.2. The number of carbonyl (C=O) groups is 2. The number of hydrogen-bond acceptors (Lipinski definition) is 6. The molecule has 1 aliphatic heterocycles. The van der Waals surface area contributed by atoms with Crippen molar-refractivity contribution in [2.24, 2.45) is 5.41 Å². The van der Waals surface area contributed by atoms with Crippen molar-refractivity contribution < 1.29 is 28.5 Å². The van der Waals surface area contributed by atoms with Gasteiger partial charge in [0.15, 0.2) is 11.5 Å². The largest absolute Gasteiger partial charge is 0.497 e. The highest BCUT2D eigenvalue weighted by atomic mass is 16.5. The van der Waals surface area contributed by atoms with Crippen LogP contribution in [0.15, 0.2) is 36.4 Å². The third kappa shape index (κ3) is 6.38. The normalized spacial score (nSPS) is 14.7. The Morgan fingerprint density at radius 2 is 1.49 bits per heavy atom. The zero-order chi connectivity index (χ0) is 25.4. The van der Waals surface area contributed by atoms with E-state index in [-0.39, 0.29) is 11.8 Å². The Kier molecular flexibility index (Phi) is 8.84. The van der Waals surface area contributed by atoms with Crippen LogP contribution < -0.4 is 24.3 Å². The summed E-state index contributed by atoms with van der Waals surface area (Å²) >= 11 is 0. The van der Waals surface area contributed by atoms with Crippen LogP contribution in [0.5, 0.6) is 23.0 Å². The molecule has 0 bridgehead atoms. The molecule has 2 aromatic rings. The number of aryl methyl sites for hydroxylation is 1. The number of rotatable bonds is 10. The van der Waals surface area contributed by atoms with Crippen LogP contribution in [0.4, 0.5) is 0 Å². The molecule has 35 heavy (non-hydrogen) atoms. The van der Waals surface area contributed by atoms with Gasteiger partial charge in [-0.1, -0.05) is 19.1 Å². The molecule has 0 aromatic heterocycles. The lowest BCUT2D eigenvalue weighted by molar-refractivity contribution is -0.139. The van der Waals surface area contributed by atoms with Crippen molar-refractivity contribution >= 4 is 11.8 Å². The summed E-state index contributed by atoms with van der Waals surface area (Å²) in [4.78, 5) is 27.6. The Morgan fingerprint density at radius 1 is 0.886 bits per heavy atom. The number of nitrogens with zero attached hydrogens (tertiary/aromatic N) is 1. The van der Waals surface area contributed by atoms with Gasteiger partial charge in [0.2, 0.25) is 17.6 Å². The molecule has 0 atom stereocenters. The molecule has 0 spiro atoms. The lowest BCUT2D eigenvalue weighted by Crippen LogP contribution is -2.48. The summed E-state index contributed by atoms with van der Waals surface area (Å²) in [5, 5.41) is 3.05. The number of hydrogen-bond donors (Lipinski definition) is 1. The van der Waals surface area contributed by atoms with Crippen molar-refractivity contribution in [1.29, 1.82) is 0 Å². The van der Waals surface area contributed by atoms with E-state index in [2.05, 4.69) is 5.32 Å². The van der Waals surface area contributed by atoms with Crippen molar-refractivity contribution in [3.63, 3.8) is 0 Å². The molecule has 2 amide bonds. The Morgan fingerprint density at radius 3 is 2.00 bits per heavy atom. The molecule has 0 unspecified atom stereocenters. The fraction of sp³-hybridized carbons (Fsp3) is 0.481. The summed E-state index contributed by atoms with van der Waals surface area (Å²) in [6.45, 7) is 3.59. The first-order valence-corrected chi connectivity index (χ1v) is 11.8. The minimum absolute atomic E-state index is 0.0258. The monoisotopic (exact) mass is 484 g/mol. The second-order valence-corrected chi connectivity index (χ2v) is 9.01. The van der Waals surface area contributed by atoms with Gasteiger partial charge in [0.1, 0.15) is 5.75 Å². The van der Waals surface area contributed by atoms with Gasteiger partial charge in [0.05, 0.1) is 28.4 Å². The molecule has 1 saturated heterocycles. The second-order valence-electron chi connectivity index (χ2n) is 9.01. The highest BCUT2D eigenvalue weighted by molar-refractivity contribution is 5.83. The summed E-state index contributed by atoms with van der Waals surface area (Å²) < 4.78 is 21.3. The van der Waals surface area contributed by atoms with Crippen LogP contribution in [0.3, 0.4) is 0 Å². The number of ether oxygens (including phenoxy) is 4. The van der Waals surface area contributed by atoms with E-state index in [0.717, 1.165) is 16.9 Å². The number of benzene rings is 2. The third-order valence-electron chi connectivity index (χ3n) is 6.73. The quantitative estimate of drug-likeness (QED) is 0.555. The van der Waals surface area contributed by atoms with Crippen LogP contribution in [0, 0.1) is 5.41 Å². The molecule has 8 nitrogen and oxygen atoms in total. The number of piperidine rings is 1. The number of nitrogens with one attached hydrogen (secondary N) is 1. The topological polar surface area (TPSA) is 86.3 Å². The fourth-order valence-corrected chi connectivity index (χ4v) is 4.30. The molecule has 3 rings (SSSR count). The van der Waals surface area contributed by atoms with Gasteiger partial charge >= 0.3 is 0 Å². The average molecular weight is 485 g/mol. The zero-order valence-electron chi connectivity index (χ0n) is 21.3. The molecular formula is C27H36N2O6. The van der Waals surface area contributed by atoms with Crippen LogP contribution in [0.2, 0.25) is 0 Å². The van der Waals surface area contributed by atoms with Crippen molar-refractivity contribution in [2.45, 2.75) is 39.2 Å². The molecule has 1 fully saturated rings. The summed E-state index contributed by atoms with van der Waals surface area (Å²) in [7, 11) is 6.34. The Balaban J connectivity index is 1.50. The van der Waals surface area contributed by atoms with E-state index in [0.29, 0.717) is 62.6 Å². The summed E-state index contributed by atoms with van der Waals surface area (Å²) in [6, 6.07) is 11.4. The van der Waals surface area contributed by atoms with E-state index in [1.807, 2.05) is 48.2 Å². The Hall–Kier alpha value is -3.42.